The van der Waals surface area contributed by atoms with Crippen molar-refractivity contribution in [2.75, 3.05) is 12.4 Å². The van der Waals surface area contributed by atoms with Crippen LogP contribution in [0.1, 0.15) is 22.3 Å². The first-order valence-electron chi connectivity index (χ1n) is 9.21. The normalized spacial score (nSPS) is 13.5. The van der Waals surface area contributed by atoms with Crippen LogP contribution in [-0.2, 0) is 11.4 Å². The van der Waals surface area contributed by atoms with Crippen molar-refractivity contribution < 1.29 is 14.3 Å². The number of hydrogen-bond acceptors (Lipinski definition) is 4. The number of anilines is 1. The van der Waals surface area contributed by atoms with Gasteiger partial charge in [0.15, 0.2) is 11.5 Å². The molecule has 0 aliphatic carbocycles. The van der Waals surface area contributed by atoms with E-state index in [1.807, 2.05) is 60.7 Å². The van der Waals surface area contributed by atoms with E-state index in [4.69, 9.17) is 9.47 Å². The van der Waals surface area contributed by atoms with Crippen LogP contribution in [0.2, 0.25) is 0 Å². The number of amides is 1. The van der Waals surface area contributed by atoms with Crippen LogP contribution in [0.4, 0.5) is 5.69 Å². The molecule has 0 fully saturated rings. The van der Waals surface area contributed by atoms with Crippen LogP contribution < -0.4 is 14.8 Å². The van der Waals surface area contributed by atoms with Gasteiger partial charge in [0.25, 0.3) is 5.91 Å². The van der Waals surface area contributed by atoms with Crippen molar-refractivity contribution in [3.05, 3.63) is 86.5 Å². The van der Waals surface area contributed by atoms with Gasteiger partial charge in [-0.2, -0.15) is 5.26 Å². The molecule has 0 unspecified atom stereocenters. The first-order chi connectivity index (χ1) is 14.6. The molecule has 30 heavy (non-hydrogen) atoms. The van der Waals surface area contributed by atoms with Crippen molar-refractivity contribution in [3.63, 3.8) is 0 Å². The Morgan fingerprint density at radius 2 is 1.90 bits per heavy atom. The van der Waals surface area contributed by atoms with Crippen molar-refractivity contribution in [2.45, 2.75) is 6.61 Å². The highest BCUT2D eigenvalue weighted by Gasteiger charge is 2.23. The zero-order valence-electron chi connectivity index (χ0n) is 16.1. The second kappa shape index (κ2) is 8.59. The van der Waals surface area contributed by atoms with Crippen LogP contribution in [-0.4, -0.2) is 13.0 Å². The van der Waals surface area contributed by atoms with Crippen molar-refractivity contribution in [1.29, 1.82) is 5.26 Å². The fourth-order valence-corrected chi connectivity index (χ4v) is 4.10. The first-order valence-corrected chi connectivity index (χ1v) is 10.3. The number of halogens is 1. The molecule has 0 radical (unpaired) electrons. The Morgan fingerprint density at radius 3 is 2.70 bits per heavy atom. The third-order valence-electron chi connectivity index (χ3n) is 4.78. The molecule has 0 aromatic heterocycles. The maximum atomic E-state index is 12.4. The lowest BCUT2D eigenvalue weighted by Crippen LogP contribution is -2.04. The quantitative estimate of drug-likeness (QED) is 0.378. The molecular formula is C24H17IN2O3. The van der Waals surface area contributed by atoms with E-state index in [1.165, 1.54) is 0 Å². The predicted octanol–water partition coefficient (Wildman–Crippen LogP) is 5.24. The minimum Gasteiger partial charge on any atom is -0.493 e. The Balaban J connectivity index is 1.65. The van der Waals surface area contributed by atoms with Gasteiger partial charge in [-0.3, -0.25) is 4.79 Å². The Morgan fingerprint density at radius 1 is 1.13 bits per heavy atom. The Hall–Kier alpha value is -3.31. The first kappa shape index (κ1) is 20.0. The van der Waals surface area contributed by atoms with Crippen LogP contribution >= 0.6 is 22.6 Å². The van der Waals surface area contributed by atoms with Gasteiger partial charge in [0.1, 0.15) is 6.61 Å². The Kier molecular flexibility index (Phi) is 5.72. The maximum absolute atomic E-state index is 12.4. The summed E-state index contributed by atoms with van der Waals surface area (Å²) < 4.78 is 12.4. The van der Waals surface area contributed by atoms with Crippen LogP contribution in [0.25, 0.3) is 11.6 Å². The van der Waals surface area contributed by atoms with Gasteiger partial charge in [-0.25, -0.2) is 0 Å². The molecule has 148 valence electrons. The van der Waals surface area contributed by atoms with E-state index < -0.39 is 0 Å². The van der Waals surface area contributed by atoms with Crippen LogP contribution in [0.3, 0.4) is 0 Å². The summed E-state index contributed by atoms with van der Waals surface area (Å²) in [5.74, 6) is 1.04. The van der Waals surface area contributed by atoms with Crippen LogP contribution in [0.15, 0.2) is 60.7 Å². The summed E-state index contributed by atoms with van der Waals surface area (Å²) in [4.78, 5) is 12.4. The van der Waals surface area contributed by atoms with Gasteiger partial charge in [-0.1, -0.05) is 36.4 Å². The average molecular weight is 508 g/mol. The second-order valence-electron chi connectivity index (χ2n) is 6.65. The predicted molar refractivity (Wildman–Crippen MR) is 124 cm³/mol. The summed E-state index contributed by atoms with van der Waals surface area (Å²) >= 11 is 2.19. The monoisotopic (exact) mass is 508 g/mol. The van der Waals surface area contributed by atoms with Gasteiger partial charge in [-0.15, -0.1) is 0 Å². The summed E-state index contributed by atoms with van der Waals surface area (Å²) in [6.45, 7) is 0.256. The van der Waals surface area contributed by atoms with Gasteiger partial charge in [0, 0.05) is 22.4 Å². The fraction of sp³-hybridized carbons (Fsp3) is 0.0833. The summed E-state index contributed by atoms with van der Waals surface area (Å²) in [5.41, 5.74) is 4.53. The number of benzene rings is 3. The van der Waals surface area contributed by atoms with E-state index in [-0.39, 0.29) is 12.5 Å². The van der Waals surface area contributed by atoms with Crippen LogP contribution in [0.5, 0.6) is 11.5 Å². The lowest BCUT2D eigenvalue weighted by molar-refractivity contribution is -0.110. The van der Waals surface area contributed by atoms with Crippen molar-refractivity contribution in [3.8, 4) is 17.6 Å². The third-order valence-corrected chi connectivity index (χ3v) is 5.58. The number of nitrogens with zero attached hydrogens (tertiary/aromatic N) is 1. The minimum atomic E-state index is -0.126. The third kappa shape index (κ3) is 3.89. The van der Waals surface area contributed by atoms with Crippen molar-refractivity contribution >= 4 is 45.8 Å². The van der Waals surface area contributed by atoms with Crippen molar-refractivity contribution in [1.82, 2.24) is 0 Å². The van der Waals surface area contributed by atoms with E-state index >= 15 is 0 Å². The highest BCUT2D eigenvalue weighted by atomic mass is 127. The standard InChI is InChI=1S/C24H17IN2O3/c1-29-22-12-15(10-19-18-8-4-5-9-21(18)27-24(19)28)11-20(25)23(22)30-14-17-7-3-2-6-16(17)13-26/h2-12H,14H2,1H3,(H,27,28)/b19-10-. The molecule has 5 nitrogen and oxygen atoms in total. The van der Waals surface area contributed by atoms with Crippen molar-refractivity contribution in [2.24, 2.45) is 0 Å². The molecule has 1 aliphatic rings. The lowest BCUT2D eigenvalue weighted by Gasteiger charge is -2.14. The molecule has 1 aliphatic heterocycles. The molecule has 4 rings (SSSR count). The number of ether oxygens (including phenoxy) is 2. The zero-order valence-corrected chi connectivity index (χ0v) is 18.3. The number of hydrogen-bond donors (Lipinski definition) is 1. The highest BCUT2D eigenvalue weighted by molar-refractivity contribution is 14.1. The molecule has 0 saturated heterocycles. The fourth-order valence-electron chi connectivity index (χ4n) is 3.32. The van der Waals surface area contributed by atoms with Crippen LogP contribution in [0, 0.1) is 14.9 Å². The molecule has 3 aromatic rings. The molecule has 0 saturated carbocycles. The largest absolute Gasteiger partial charge is 0.493 e. The van der Waals surface area contributed by atoms with E-state index in [2.05, 4.69) is 34.0 Å². The summed E-state index contributed by atoms with van der Waals surface area (Å²) in [7, 11) is 1.58. The molecule has 0 spiro atoms. The summed E-state index contributed by atoms with van der Waals surface area (Å²) in [5, 5.41) is 12.1. The van der Waals surface area contributed by atoms with E-state index in [1.54, 1.807) is 13.2 Å². The van der Waals surface area contributed by atoms with Gasteiger partial charge >= 0.3 is 0 Å². The topological polar surface area (TPSA) is 71.3 Å². The zero-order chi connectivity index (χ0) is 21.1. The number of carbonyl (C=O) groups is 1. The molecule has 0 atom stereocenters. The molecule has 1 heterocycles. The summed E-state index contributed by atoms with van der Waals surface area (Å²) in [6.07, 6.45) is 1.85. The van der Waals surface area contributed by atoms with Gasteiger partial charge < -0.3 is 14.8 Å². The molecule has 6 heteroatoms. The highest BCUT2D eigenvalue weighted by Crippen LogP contribution is 2.37. The molecule has 3 aromatic carbocycles. The summed E-state index contributed by atoms with van der Waals surface area (Å²) in [6, 6.07) is 20.9. The number of nitriles is 1. The lowest BCUT2D eigenvalue weighted by atomic mass is 10.0. The molecular weight excluding hydrogens is 491 g/mol. The van der Waals surface area contributed by atoms with Gasteiger partial charge in [0.05, 0.1) is 22.3 Å². The second-order valence-corrected chi connectivity index (χ2v) is 7.81. The average Bonchev–Trinajstić information content (AvgIpc) is 3.08. The Bertz CT molecular complexity index is 1210. The number of methoxy groups -OCH3 is 1. The maximum Gasteiger partial charge on any atom is 0.256 e. The number of para-hydroxylation sites is 1. The molecule has 1 amide bonds. The van der Waals surface area contributed by atoms with E-state index in [9.17, 15) is 10.1 Å². The number of carbonyl (C=O) groups excluding carboxylic acids is 1. The van der Waals surface area contributed by atoms with E-state index in [0.29, 0.717) is 22.6 Å². The Labute approximate surface area is 188 Å². The van der Waals surface area contributed by atoms with Gasteiger partial charge in [-0.05, 0) is 58.5 Å². The SMILES string of the molecule is COc1cc(/C=C2\C(=O)Nc3ccccc32)cc(I)c1OCc1ccccc1C#N. The molecule has 0 bridgehead atoms. The number of fused-ring (bicyclic) bond motifs is 1. The van der Waals surface area contributed by atoms with E-state index in [0.717, 1.165) is 25.9 Å². The molecule has 1 N–H and O–H groups in total. The number of nitrogens with one attached hydrogen (secondary N) is 1. The van der Waals surface area contributed by atoms with Gasteiger partial charge in [0.2, 0.25) is 0 Å². The minimum absolute atomic E-state index is 0.126. The number of rotatable bonds is 5. The smallest absolute Gasteiger partial charge is 0.256 e.